The molecule has 2 rings (SSSR count). The molecule has 1 amide bonds. The number of hydrogen-bond acceptors (Lipinski definition) is 4. The van der Waals surface area contributed by atoms with E-state index in [-0.39, 0.29) is 5.91 Å². The van der Waals surface area contributed by atoms with Crippen molar-refractivity contribution in [2.45, 2.75) is 20.3 Å². The molecule has 0 unspecified atom stereocenters. The van der Waals surface area contributed by atoms with Crippen molar-refractivity contribution in [1.29, 1.82) is 5.26 Å². The Hall–Kier alpha value is -1.90. The lowest BCUT2D eigenvalue weighted by atomic mass is 10.1. The predicted molar refractivity (Wildman–Crippen MR) is 89.3 cm³/mol. The van der Waals surface area contributed by atoms with Crippen LogP contribution in [-0.2, 0) is 4.74 Å². The van der Waals surface area contributed by atoms with Crippen molar-refractivity contribution in [2.75, 3.05) is 45.9 Å². The lowest BCUT2D eigenvalue weighted by Crippen LogP contribution is -2.43. The van der Waals surface area contributed by atoms with Gasteiger partial charge >= 0.3 is 0 Å². The predicted octanol–water partition coefficient (Wildman–Crippen LogP) is 1.99. The van der Waals surface area contributed by atoms with E-state index in [1.807, 2.05) is 32.0 Å². The molecule has 1 aliphatic heterocycles. The summed E-state index contributed by atoms with van der Waals surface area (Å²) in [6.45, 7) is 9.32. The maximum Gasteiger partial charge on any atom is 0.253 e. The van der Waals surface area contributed by atoms with Gasteiger partial charge in [0.1, 0.15) is 0 Å². The second-order valence-corrected chi connectivity index (χ2v) is 5.95. The highest BCUT2D eigenvalue weighted by molar-refractivity contribution is 5.94. The van der Waals surface area contributed by atoms with E-state index in [0.717, 1.165) is 38.4 Å². The summed E-state index contributed by atoms with van der Waals surface area (Å²) in [5.41, 5.74) is 3.00. The number of amides is 1. The van der Waals surface area contributed by atoms with Crippen LogP contribution in [0.4, 0.5) is 0 Å². The molecule has 0 radical (unpaired) electrons. The zero-order valence-electron chi connectivity index (χ0n) is 14.0. The van der Waals surface area contributed by atoms with E-state index < -0.39 is 0 Å². The Balaban J connectivity index is 2.01. The first-order valence-corrected chi connectivity index (χ1v) is 8.15. The summed E-state index contributed by atoms with van der Waals surface area (Å²) >= 11 is 0. The van der Waals surface area contributed by atoms with Crippen LogP contribution < -0.4 is 0 Å². The zero-order chi connectivity index (χ0) is 16.7. The van der Waals surface area contributed by atoms with Crippen molar-refractivity contribution in [1.82, 2.24) is 9.80 Å². The molecular weight excluding hydrogens is 290 g/mol. The van der Waals surface area contributed by atoms with E-state index in [9.17, 15) is 4.79 Å². The number of nitriles is 1. The van der Waals surface area contributed by atoms with Gasteiger partial charge < -0.3 is 9.64 Å². The van der Waals surface area contributed by atoms with E-state index in [2.05, 4.69) is 11.0 Å². The zero-order valence-corrected chi connectivity index (χ0v) is 14.0. The maximum atomic E-state index is 12.8. The molecule has 124 valence electrons. The molecule has 5 nitrogen and oxygen atoms in total. The quantitative estimate of drug-likeness (QED) is 0.805. The average Bonchev–Trinajstić information content (AvgIpc) is 2.58. The van der Waals surface area contributed by atoms with Crippen LogP contribution >= 0.6 is 0 Å². The highest BCUT2D eigenvalue weighted by Gasteiger charge is 2.18. The topological polar surface area (TPSA) is 56.6 Å². The van der Waals surface area contributed by atoms with Crippen molar-refractivity contribution in [3.63, 3.8) is 0 Å². The van der Waals surface area contributed by atoms with Crippen molar-refractivity contribution in [3.05, 3.63) is 34.9 Å². The lowest BCUT2D eigenvalue weighted by Gasteiger charge is -2.30. The van der Waals surface area contributed by atoms with Crippen molar-refractivity contribution < 1.29 is 9.53 Å². The molecule has 0 spiro atoms. The minimum Gasteiger partial charge on any atom is -0.379 e. The fraction of sp³-hybridized carbons (Fsp3) is 0.556. The fourth-order valence-electron chi connectivity index (χ4n) is 2.64. The molecule has 1 saturated heterocycles. The van der Waals surface area contributed by atoms with Crippen LogP contribution in [0.15, 0.2) is 18.2 Å². The number of hydrogen-bond donors (Lipinski definition) is 0. The van der Waals surface area contributed by atoms with Crippen LogP contribution in [0.5, 0.6) is 0 Å². The molecular formula is C18H25N3O2. The van der Waals surface area contributed by atoms with E-state index in [4.69, 9.17) is 10.00 Å². The summed E-state index contributed by atoms with van der Waals surface area (Å²) in [6, 6.07) is 7.92. The normalized spacial score (nSPS) is 15.2. The summed E-state index contributed by atoms with van der Waals surface area (Å²) < 4.78 is 5.35. The molecule has 23 heavy (non-hydrogen) atoms. The number of morpholine rings is 1. The third-order valence-electron chi connectivity index (χ3n) is 4.32. The van der Waals surface area contributed by atoms with Crippen LogP contribution in [0.1, 0.15) is 27.9 Å². The molecule has 0 aliphatic carbocycles. The number of carbonyl (C=O) groups is 1. The van der Waals surface area contributed by atoms with Gasteiger partial charge in [0.15, 0.2) is 0 Å². The molecule has 0 atom stereocenters. The Labute approximate surface area is 138 Å². The van der Waals surface area contributed by atoms with Gasteiger partial charge in [-0.15, -0.1) is 0 Å². The van der Waals surface area contributed by atoms with Gasteiger partial charge in [-0.2, -0.15) is 5.26 Å². The SMILES string of the molecule is Cc1ccc(C(=O)N(CCC#N)CCN2CCOCC2)cc1C. The summed E-state index contributed by atoms with van der Waals surface area (Å²) in [5.74, 6) is 0.0107. The Morgan fingerprint density at radius 2 is 2.00 bits per heavy atom. The van der Waals surface area contributed by atoms with E-state index in [1.54, 1.807) is 4.90 Å². The number of benzene rings is 1. The monoisotopic (exact) mass is 315 g/mol. The van der Waals surface area contributed by atoms with Crippen LogP contribution in [0.2, 0.25) is 0 Å². The number of ether oxygens (including phenoxy) is 1. The first-order valence-electron chi connectivity index (χ1n) is 8.15. The van der Waals surface area contributed by atoms with Crippen molar-refractivity contribution in [3.8, 4) is 6.07 Å². The Bertz CT molecular complexity index is 574. The van der Waals surface area contributed by atoms with Gasteiger partial charge in [0.05, 0.1) is 25.7 Å². The Kier molecular flexibility index (Phi) is 6.57. The molecule has 1 aliphatic rings. The van der Waals surface area contributed by atoms with Crippen molar-refractivity contribution >= 4 is 5.91 Å². The second kappa shape index (κ2) is 8.66. The smallest absolute Gasteiger partial charge is 0.253 e. The largest absolute Gasteiger partial charge is 0.379 e. The third kappa shape index (κ3) is 5.05. The number of rotatable bonds is 6. The van der Waals surface area contributed by atoms with Crippen LogP contribution in [-0.4, -0.2) is 61.6 Å². The van der Waals surface area contributed by atoms with E-state index >= 15 is 0 Å². The summed E-state index contributed by atoms with van der Waals surface area (Å²) in [4.78, 5) is 16.9. The number of carbonyl (C=O) groups excluding carboxylic acids is 1. The van der Waals surface area contributed by atoms with Gasteiger partial charge in [0.2, 0.25) is 0 Å². The standard InChI is InChI=1S/C18H25N3O2/c1-15-4-5-17(14-16(15)2)18(22)21(7-3-6-19)9-8-20-10-12-23-13-11-20/h4-5,14H,3,7-13H2,1-2H3. The molecule has 1 aromatic rings. The summed E-state index contributed by atoms with van der Waals surface area (Å²) in [5, 5.41) is 8.85. The van der Waals surface area contributed by atoms with E-state index in [0.29, 0.717) is 25.1 Å². The summed E-state index contributed by atoms with van der Waals surface area (Å²) in [6.07, 6.45) is 0.361. The van der Waals surface area contributed by atoms with Gasteiger partial charge in [0.25, 0.3) is 5.91 Å². The van der Waals surface area contributed by atoms with Gasteiger partial charge in [-0.3, -0.25) is 9.69 Å². The summed E-state index contributed by atoms with van der Waals surface area (Å²) in [7, 11) is 0. The second-order valence-electron chi connectivity index (χ2n) is 5.95. The highest BCUT2D eigenvalue weighted by atomic mass is 16.5. The average molecular weight is 315 g/mol. The minimum atomic E-state index is 0.0107. The molecule has 1 aromatic carbocycles. The minimum absolute atomic E-state index is 0.0107. The number of nitrogens with zero attached hydrogens (tertiary/aromatic N) is 3. The first-order chi connectivity index (χ1) is 11.1. The van der Waals surface area contributed by atoms with E-state index in [1.165, 1.54) is 5.56 Å². The third-order valence-corrected chi connectivity index (χ3v) is 4.32. The van der Waals surface area contributed by atoms with Crippen LogP contribution in [0.25, 0.3) is 0 Å². The Morgan fingerprint density at radius 1 is 1.26 bits per heavy atom. The van der Waals surface area contributed by atoms with Gasteiger partial charge in [0, 0.05) is 38.3 Å². The van der Waals surface area contributed by atoms with Crippen LogP contribution in [0, 0.1) is 25.2 Å². The number of aryl methyl sites for hydroxylation is 2. The molecule has 0 saturated carbocycles. The maximum absolute atomic E-state index is 12.8. The Morgan fingerprint density at radius 3 is 2.65 bits per heavy atom. The molecule has 0 bridgehead atoms. The molecule has 0 N–H and O–H groups in total. The fourth-order valence-corrected chi connectivity index (χ4v) is 2.64. The molecule has 5 heteroatoms. The first kappa shape index (κ1) is 17.5. The lowest BCUT2D eigenvalue weighted by molar-refractivity contribution is 0.0326. The molecule has 1 heterocycles. The van der Waals surface area contributed by atoms with Gasteiger partial charge in [-0.05, 0) is 37.1 Å². The van der Waals surface area contributed by atoms with Gasteiger partial charge in [-0.25, -0.2) is 0 Å². The molecule has 0 aromatic heterocycles. The van der Waals surface area contributed by atoms with Gasteiger partial charge in [-0.1, -0.05) is 6.07 Å². The van der Waals surface area contributed by atoms with Crippen molar-refractivity contribution in [2.24, 2.45) is 0 Å². The highest BCUT2D eigenvalue weighted by Crippen LogP contribution is 2.12. The molecule has 1 fully saturated rings. The van der Waals surface area contributed by atoms with Crippen LogP contribution in [0.3, 0.4) is 0 Å².